The second-order valence-corrected chi connectivity index (χ2v) is 5.59. The Morgan fingerprint density at radius 1 is 1.14 bits per heavy atom. The van der Waals surface area contributed by atoms with Gasteiger partial charge in [-0.1, -0.05) is 6.92 Å². The minimum atomic E-state index is -0.387. The smallest absolute Gasteiger partial charge is 0.330 e. The Morgan fingerprint density at radius 2 is 1.90 bits per heavy atom. The maximum Gasteiger partial charge on any atom is 0.330 e. The molecule has 0 amide bonds. The minimum Gasteiger partial charge on any atom is -0.336 e. The van der Waals surface area contributed by atoms with Crippen LogP contribution in [0, 0.1) is 0 Å². The van der Waals surface area contributed by atoms with Gasteiger partial charge in [0.25, 0.3) is 5.56 Å². The molecule has 1 aliphatic heterocycles. The molecule has 0 unspecified atom stereocenters. The van der Waals surface area contributed by atoms with E-state index in [1.807, 2.05) is 6.92 Å². The monoisotopic (exact) mass is 291 g/mol. The summed E-state index contributed by atoms with van der Waals surface area (Å²) in [5, 5.41) is 0. The van der Waals surface area contributed by atoms with E-state index in [4.69, 9.17) is 0 Å². The van der Waals surface area contributed by atoms with Gasteiger partial charge in [0.15, 0.2) is 5.65 Å². The first-order chi connectivity index (χ1) is 10.2. The van der Waals surface area contributed by atoms with Crippen molar-refractivity contribution < 1.29 is 0 Å². The van der Waals surface area contributed by atoms with Crippen molar-refractivity contribution in [3.63, 3.8) is 0 Å². The van der Waals surface area contributed by atoms with Crippen LogP contribution in [0.2, 0.25) is 0 Å². The van der Waals surface area contributed by atoms with Crippen LogP contribution in [0.15, 0.2) is 9.59 Å². The van der Waals surface area contributed by atoms with Crippen molar-refractivity contribution >= 4 is 11.2 Å². The number of H-pyrrole nitrogens is 2. The highest BCUT2D eigenvalue weighted by molar-refractivity contribution is 5.69. The lowest BCUT2D eigenvalue weighted by Gasteiger charge is -2.12. The highest BCUT2D eigenvalue weighted by Crippen LogP contribution is 2.10. The predicted molar refractivity (Wildman–Crippen MR) is 80.6 cm³/mol. The second kappa shape index (κ2) is 5.85. The summed E-state index contributed by atoms with van der Waals surface area (Å²) < 4.78 is 1.53. The third kappa shape index (κ3) is 2.78. The van der Waals surface area contributed by atoms with E-state index in [9.17, 15) is 9.59 Å². The van der Waals surface area contributed by atoms with Gasteiger partial charge in [-0.15, -0.1) is 0 Å². The SMILES string of the molecule is CCCn1c(=O)[nH]c(=O)c2[nH]c(CCN3CCCC3)nc21. The Balaban J connectivity index is 1.91. The lowest BCUT2D eigenvalue weighted by atomic mass is 10.4. The summed E-state index contributed by atoms with van der Waals surface area (Å²) in [6.45, 7) is 5.77. The summed E-state index contributed by atoms with van der Waals surface area (Å²) in [6.07, 6.45) is 4.11. The van der Waals surface area contributed by atoms with E-state index in [1.165, 1.54) is 17.4 Å². The third-order valence-corrected chi connectivity index (χ3v) is 3.99. The van der Waals surface area contributed by atoms with E-state index >= 15 is 0 Å². The maximum atomic E-state index is 11.9. The second-order valence-electron chi connectivity index (χ2n) is 5.59. The van der Waals surface area contributed by atoms with Crippen molar-refractivity contribution in [2.45, 2.75) is 39.2 Å². The van der Waals surface area contributed by atoms with Crippen LogP contribution in [-0.2, 0) is 13.0 Å². The summed E-state index contributed by atoms with van der Waals surface area (Å²) in [5.74, 6) is 0.776. The van der Waals surface area contributed by atoms with Crippen LogP contribution in [0.1, 0.15) is 32.0 Å². The number of nitrogens with one attached hydrogen (secondary N) is 2. The fourth-order valence-electron chi connectivity index (χ4n) is 2.91. The van der Waals surface area contributed by atoms with Gasteiger partial charge in [0.05, 0.1) is 0 Å². The Kier molecular flexibility index (Phi) is 3.92. The molecule has 7 heteroatoms. The van der Waals surface area contributed by atoms with Gasteiger partial charge < -0.3 is 9.88 Å². The number of imidazole rings is 1. The molecule has 0 atom stereocenters. The van der Waals surface area contributed by atoms with Gasteiger partial charge in [0, 0.05) is 19.5 Å². The van der Waals surface area contributed by atoms with Gasteiger partial charge in [-0.25, -0.2) is 9.78 Å². The molecular weight excluding hydrogens is 270 g/mol. The van der Waals surface area contributed by atoms with Crippen molar-refractivity contribution in [3.05, 3.63) is 26.7 Å². The molecule has 0 bridgehead atoms. The van der Waals surface area contributed by atoms with Crippen molar-refractivity contribution in [1.29, 1.82) is 0 Å². The number of rotatable bonds is 5. The number of aromatic nitrogens is 4. The Labute approximate surface area is 122 Å². The quantitative estimate of drug-likeness (QED) is 0.838. The van der Waals surface area contributed by atoms with E-state index in [-0.39, 0.29) is 11.2 Å². The van der Waals surface area contributed by atoms with E-state index < -0.39 is 0 Å². The molecule has 0 spiro atoms. The van der Waals surface area contributed by atoms with Crippen LogP contribution in [0.25, 0.3) is 11.2 Å². The summed E-state index contributed by atoms with van der Waals surface area (Å²) in [5.41, 5.74) is 0.107. The zero-order valence-corrected chi connectivity index (χ0v) is 12.3. The Morgan fingerprint density at radius 3 is 2.62 bits per heavy atom. The van der Waals surface area contributed by atoms with Crippen molar-refractivity contribution in [2.24, 2.45) is 0 Å². The van der Waals surface area contributed by atoms with Gasteiger partial charge in [-0.2, -0.15) is 0 Å². The molecule has 1 fully saturated rings. The van der Waals surface area contributed by atoms with Crippen molar-refractivity contribution in [3.8, 4) is 0 Å². The van der Waals surface area contributed by atoms with Crippen LogP contribution in [0.4, 0.5) is 0 Å². The number of likely N-dealkylation sites (tertiary alicyclic amines) is 1. The average molecular weight is 291 g/mol. The van der Waals surface area contributed by atoms with Gasteiger partial charge in [0.2, 0.25) is 0 Å². The molecule has 0 aromatic carbocycles. The Hall–Kier alpha value is -1.89. The fraction of sp³-hybridized carbons (Fsp3) is 0.643. The predicted octanol–water partition coefficient (Wildman–Crippen LogP) is 0.461. The van der Waals surface area contributed by atoms with Gasteiger partial charge >= 0.3 is 5.69 Å². The third-order valence-electron chi connectivity index (χ3n) is 3.99. The summed E-state index contributed by atoms with van der Waals surface area (Å²) >= 11 is 0. The topological polar surface area (TPSA) is 86.8 Å². The van der Waals surface area contributed by atoms with Gasteiger partial charge in [-0.3, -0.25) is 14.3 Å². The number of nitrogens with zero attached hydrogens (tertiary/aromatic N) is 3. The molecule has 1 saturated heterocycles. The van der Waals surface area contributed by atoms with Crippen LogP contribution < -0.4 is 11.2 Å². The van der Waals surface area contributed by atoms with Crippen molar-refractivity contribution in [2.75, 3.05) is 19.6 Å². The van der Waals surface area contributed by atoms with Crippen LogP contribution >= 0.6 is 0 Å². The Bertz CT molecular complexity index is 736. The largest absolute Gasteiger partial charge is 0.336 e. The molecule has 0 saturated carbocycles. The van der Waals surface area contributed by atoms with Crippen LogP contribution in [0.3, 0.4) is 0 Å². The highest BCUT2D eigenvalue weighted by atomic mass is 16.2. The molecule has 21 heavy (non-hydrogen) atoms. The molecule has 3 heterocycles. The minimum absolute atomic E-state index is 0.382. The van der Waals surface area contributed by atoms with E-state index in [1.54, 1.807) is 0 Å². The zero-order valence-electron chi connectivity index (χ0n) is 12.3. The van der Waals surface area contributed by atoms with E-state index in [0.717, 1.165) is 38.3 Å². The molecular formula is C14H21N5O2. The molecule has 7 nitrogen and oxygen atoms in total. The number of hydrogen-bond acceptors (Lipinski definition) is 4. The summed E-state index contributed by atoms with van der Waals surface area (Å²) in [4.78, 5) is 36.0. The maximum absolute atomic E-state index is 11.9. The standard InChI is InChI=1S/C14H21N5O2/c1-2-6-19-12-11(13(20)17-14(19)21)15-10(16-12)5-9-18-7-3-4-8-18/h2-9H2,1H3,(H,15,16)(H,17,20,21). The molecule has 0 aliphatic carbocycles. The fourth-order valence-corrected chi connectivity index (χ4v) is 2.91. The van der Waals surface area contributed by atoms with E-state index in [2.05, 4.69) is 19.9 Å². The number of aromatic amines is 2. The first kappa shape index (κ1) is 14.1. The van der Waals surface area contributed by atoms with Gasteiger partial charge in [0.1, 0.15) is 11.3 Å². The molecule has 3 rings (SSSR count). The van der Waals surface area contributed by atoms with Gasteiger partial charge in [-0.05, 0) is 32.4 Å². The summed E-state index contributed by atoms with van der Waals surface area (Å²) in [7, 11) is 0. The summed E-state index contributed by atoms with van der Waals surface area (Å²) in [6, 6.07) is 0. The first-order valence-electron chi connectivity index (χ1n) is 7.63. The number of aryl methyl sites for hydroxylation is 1. The number of hydrogen-bond donors (Lipinski definition) is 2. The molecule has 114 valence electrons. The van der Waals surface area contributed by atoms with E-state index in [0.29, 0.717) is 17.7 Å². The lowest BCUT2D eigenvalue weighted by Crippen LogP contribution is -2.30. The molecule has 0 radical (unpaired) electrons. The van der Waals surface area contributed by atoms with Crippen molar-refractivity contribution in [1.82, 2.24) is 24.4 Å². The zero-order chi connectivity index (χ0) is 14.8. The highest BCUT2D eigenvalue weighted by Gasteiger charge is 2.15. The normalized spacial score (nSPS) is 16.0. The molecule has 2 N–H and O–H groups in total. The number of fused-ring (bicyclic) bond motifs is 1. The first-order valence-corrected chi connectivity index (χ1v) is 7.63. The molecule has 1 aliphatic rings. The average Bonchev–Trinajstić information content (AvgIpc) is 3.10. The molecule has 2 aromatic heterocycles. The van der Waals surface area contributed by atoms with Crippen LogP contribution in [0.5, 0.6) is 0 Å². The van der Waals surface area contributed by atoms with Crippen LogP contribution in [-0.4, -0.2) is 44.1 Å². The molecule has 2 aromatic rings. The lowest BCUT2D eigenvalue weighted by molar-refractivity contribution is 0.341.